The number of ether oxygens (including phenoxy) is 4. The Hall–Kier alpha value is -3.28. The summed E-state index contributed by atoms with van der Waals surface area (Å²) in [6, 6.07) is 7.42. The standard InChI is InChI=1S/C25H35N5O6/c1-19-22-18-30(20-7-9-21(34-3)10-8-20)28-24(22)25(32)29(27-19)12-4-6-23(31)26-11-5-13-35-16-17-36-15-14-33-2/h7-10,18H,4-6,11-17H2,1-3H3,(H,26,31). The maximum absolute atomic E-state index is 12.9. The zero-order valence-electron chi connectivity index (χ0n) is 21.2. The Kier molecular flexibility index (Phi) is 10.9. The van der Waals surface area contributed by atoms with E-state index >= 15 is 0 Å². The number of aromatic nitrogens is 4. The van der Waals surface area contributed by atoms with Gasteiger partial charge in [0.05, 0.1) is 44.9 Å². The first kappa shape index (κ1) is 27.3. The summed E-state index contributed by atoms with van der Waals surface area (Å²) in [5.74, 6) is 0.681. The maximum atomic E-state index is 12.9. The second-order valence-electron chi connectivity index (χ2n) is 8.17. The van der Waals surface area contributed by atoms with E-state index in [1.54, 1.807) is 25.1 Å². The number of benzene rings is 1. The Morgan fingerprint density at radius 3 is 2.42 bits per heavy atom. The number of nitrogens with zero attached hydrogens (tertiary/aromatic N) is 4. The molecule has 36 heavy (non-hydrogen) atoms. The van der Waals surface area contributed by atoms with E-state index in [2.05, 4.69) is 15.5 Å². The van der Waals surface area contributed by atoms with Gasteiger partial charge in [0, 0.05) is 44.8 Å². The van der Waals surface area contributed by atoms with E-state index in [-0.39, 0.29) is 11.5 Å². The molecule has 0 bridgehead atoms. The molecule has 0 atom stereocenters. The van der Waals surface area contributed by atoms with E-state index in [1.807, 2.05) is 31.2 Å². The number of amides is 1. The largest absolute Gasteiger partial charge is 0.497 e. The van der Waals surface area contributed by atoms with Crippen molar-refractivity contribution in [2.24, 2.45) is 0 Å². The van der Waals surface area contributed by atoms with Crippen molar-refractivity contribution in [3.8, 4) is 11.4 Å². The number of carbonyl (C=O) groups excluding carboxylic acids is 1. The maximum Gasteiger partial charge on any atom is 0.295 e. The highest BCUT2D eigenvalue weighted by Gasteiger charge is 2.13. The SMILES string of the molecule is COCCOCCOCCCNC(=O)CCCn1nc(C)c2cn(-c3ccc(OC)cc3)nc2c1=O. The number of aryl methyl sites for hydroxylation is 2. The van der Waals surface area contributed by atoms with Crippen molar-refractivity contribution in [3.63, 3.8) is 0 Å². The molecule has 3 rings (SSSR count). The molecule has 0 fully saturated rings. The summed E-state index contributed by atoms with van der Waals surface area (Å²) in [7, 11) is 3.24. The van der Waals surface area contributed by atoms with E-state index in [0.29, 0.717) is 75.6 Å². The van der Waals surface area contributed by atoms with Crippen molar-refractivity contribution in [3.05, 3.63) is 46.5 Å². The normalized spacial score (nSPS) is 11.2. The minimum absolute atomic E-state index is 0.0625. The van der Waals surface area contributed by atoms with Gasteiger partial charge in [0.2, 0.25) is 5.91 Å². The number of fused-ring (bicyclic) bond motifs is 1. The highest BCUT2D eigenvalue weighted by Crippen LogP contribution is 2.18. The average molecular weight is 502 g/mol. The molecule has 0 aliphatic carbocycles. The van der Waals surface area contributed by atoms with Gasteiger partial charge in [0.1, 0.15) is 5.75 Å². The minimum atomic E-state index is -0.272. The lowest BCUT2D eigenvalue weighted by atomic mass is 10.2. The Morgan fingerprint density at radius 1 is 0.972 bits per heavy atom. The molecule has 0 aliphatic heterocycles. The average Bonchev–Trinajstić information content (AvgIpc) is 3.35. The number of methoxy groups -OCH3 is 2. The van der Waals surface area contributed by atoms with Crippen LogP contribution in [0.15, 0.2) is 35.3 Å². The highest BCUT2D eigenvalue weighted by molar-refractivity contribution is 5.79. The van der Waals surface area contributed by atoms with Crippen LogP contribution in [0.4, 0.5) is 0 Å². The van der Waals surface area contributed by atoms with Crippen LogP contribution >= 0.6 is 0 Å². The lowest BCUT2D eigenvalue weighted by Crippen LogP contribution is -2.27. The second-order valence-corrected chi connectivity index (χ2v) is 8.17. The lowest BCUT2D eigenvalue weighted by Gasteiger charge is -2.08. The van der Waals surface area contributed by atoms with Crippen molar-refractivity contribution in [2.75, 3.05) is 53.8 Å². The van der Waals surface area contributed by atoms with Crippen LogP contribution in [0.5, 0.6) is 5.75 Å². The third-order valence-electron chi connectivity index (χ3n) is 5.51. The topological polar surface area (TPSA) is 119 Å². The molecule has 3 aromatic rings. The fraction of sp³-hybridized carbons (Fsp3) is 0.520. The first-order chi connectivity index (χ1) is 17.5. The molecule has 0 radical (unpaired) electrons. The third kappa shape index (κ3) is 7.87. The summed E-state index contributed by atoms with van der Waals surface area (Å²) in [5, 5.41) is 12.5. The first-order valence-electron chi connectivity index (χ1n) is 12.1. The molecule has 11 nitrogen and oxygen atoms in total. The molecule has 0 aliphatic rings. The van der Waals surface area contributed by atoms with Crippen LogP contribution in [-0.2, 0) is 25.5 Å². The monoisotopic (exact) mass is 501 g/mol. The van der Waals surface area contributed by atoms with E-state index in [9.17, 15) is 9.59 Å². The fourth-order valence-electron chi connectivity index (χ4n) is 3.56. The van der Waals surface area contributed by atoms with Gasteiger partial charge in [0.25, 0.3) is 5.56 Å². The predicted octanol–water partition coefficient (Wildman–Crippen LogP) is 1.87. The molecule has 0 saturated carbocycles. The van der Waals surface area contributed by atoms with Crippen molar-refractivity contribution in [1.82, 2.24) is 24.9 Å². The molecule has 196 valence electrons. The van der Waals surface area contributed by atoms with Gasteiger partial charge in [0.15, 0.2) is 5.52 Å². The van der Waals surface area contributed by atoms with Crippen LogP contribution in [0.25, 0.3) is 16.6 Å². The summed E-state index contributed by atoms with van der Waals surface area (Å²) in [6.45, 7) is 5.43. The van der Waals surface area contributed by atoms with Gasteiger partial charge in [-0.2, -0.15) is 10.2 Å². The number of hydrogen-bond donors (Lipinski definition) is 1. The van der Waals surface area contributed by atoms with Crippen molar-refractivity contribution in [2.45, 2.75) is 32.7 Å². The lowest BCUT2D eigenvalue weighted by molar-refractivity contribution is -0.121. The summed E-state index contributed by atoms with van der Waals surface area (Å²) in [4.78, 5) is 25.1. The van der Waals surface area contributed by atoms with Gasteiger partial charge in [-0.15, -0.1) is 0 Å². The zero-order valence-corrected chi connectivity index (χ0v) is 21.2. The van der Waals surface area contributed by atoms with Gasteiger partial charge in [-0.1, -0.05) is 0 Å². The van der Waals surface area contributed by atoms with E-state index in [0.717, 1.165) is 17.9 Å². The summed E-state index contributed by atoms with van der Waals surface area (Å²) in [6.07, 6.45) is 3.33. The third-order valence-corrected chi connectivity index (χ3v) is 5.51. The number of nitrogens with one attached hydrogen (secondary N) is 1. The van der Waals surface area contributed by atoms with Crippen LogP contribution in [-0.4, -0.2) is 79.3 Å². The van der Waals surface area contributed by atoms with Gasteiger partial charge in [-0.05, 0) is 44.0 Å². The molecular formula is C25H35N5O6. The molecule has 2 aromatic heterocycles. The molecule has 0 spiro atoms. The van der Waals surface area contributed by atoms with Crippen LogP contribution < -0.4 is 15.6 Å². The van der Waals surface area contributed by atoms with E-state index in [4.69, 9.17) is 18.9 Å². The Bertz CT molecular complexity index is 1160. The second kappa shape index (κ2) is 14.3. The molecule has 1 amide bonds. The molecule has 1 N–H and O–H groups in total. The Labute approximate surface area is 210 Å². The van der Waals surface area contributed by atoms with Crippen molar-refractivity contribution >= 4 is 16.8 Å². The molecule has 1 aromatic carbocycles. The summed E-state index contributed by atoms with van der Waals surface area (Å²) < 4.78 is 23.9. The molecule has 11 heteroatoms. The van der Waals surface area contributed by atoms with Crippen LogP contribution in [0, 0.1) is 6.92 Å². The van der Waals surface area contributed by atoms with Crippen LogP contribution in [0.3, 0.4) is 0 Å². The molecular weight excluding hydrogens is 466 g/mol. The molecule has 0 saturated heterocycles. The zero-order chi connectivity index (χ0) is 25.8. The summed E-state index contributed by atoms with van der Waals surface area (Å²) in [5.41, 5.74) is 1.60. The smallest absolute Gasteiger partial charge is 0.295 e. The summed E-state index contributed by atoms with van der Waals surface area (Å²) >= 11 is 0. The first-order valence-corrected chi connectivity index (χ1v) is 12.1. The number of rotatable bonds is 16. The molecule has 2 heterocycles. The van der Waals surface area contributed by atoms with Gasteiger partial charge < -0.3 is 24.3 Å². The van der Waals surface area contributed by atoms with Crippen molar-refractivity contribution < 1.29 is 23.7 Å². The quantitative estimate of drug-likeness (QED) is 0.296. The van der Waals surface area contributed by atoms with Crippen LogP contribution in [0.2, 0.25) is 0 Å². The van der Waals surface area contributed by atoms with Gasteiger partial charge >= 0.3 is 0 Å². The Balaban J connectivity index is 1.43. The highest BCUT2D eigenvalue weighted by atomic mass is 16.5. The minimum Gasteiger partial charge on any atom is -0.497 e. The fourth-order valence-corrected chi connectivity index (χ4v) is 3.56. The van der Waals surface area contributed by atoms with Crippen molar-refractivity contribution in [1.29, 1.82) is 0 Å². The predicted molar refractivity (Wildman–Crippen MR) is 135 cm³/mol. The number of carbonyl (C=O) groups is 1. The Morgan fingerprint density at radius 2 is 1.69 bits per heavy atom. The van der Waals surface area contributed by atoms with Crippen LogP contribution in [0.1, 0.15) is 25.0 Å². The van der Waals surface area contributed by atoms with E-state index < -0.39 is 0 Å². The van der Waals surface area contributed by atoms with Gasteiger partial charge in [-0.25, -0.2) is 9.36 Å². The molecule has 0 unspecified atom stereocenters. The van der Waals surface area contributed by atoms with Gasteiger partial charge in [-0.3, -0.25) is 9.59 Å². The number of hydrogen-bond acceptors (Lipinski definition) is 8. The van der Waals surface area contributed by atoms with E-state index in [1.165, 1.54) is 4.68 Å².